The molecule has 1 aromatic rings. The maximum absolute atomic E-state index is 12.8. The van der Waals surface area contributed by atoms with Gasteiger partial charge in [0.1, 0.15) is 11.2 Å². The van der Waals surface area contributed by atoms with E-state index in [1.807, 2.05) is 19.1 Å². The third kappa shape index (κ3) is 7.21. The van der Waals surface area contributed by atoms with Crippen LogP contribution in [-0.2, 0) is 9.47 Å². The van der Waals surface area contributed by atoms with Gasteiger partial charge in [0, 0.05) is 5.57 Å². The van der Waals surface area contributed by atoms with Crippen LogP contribution in [0, 0.1) is 12.3 Å². The second kappa shape index (κ2) is 9.88. The highest BCUT2D eigenvalue weighted by atomic mass is 16.6. The van der Waals surface area contributed by atoms with E-state index >= 15 is 0 Å². The molecule has 2 amide bonds. The lowest BCUT2D eigenvalue weighted by Crippen LogP contribution is -2.44. The summed E-state index contributed by atoms with van der Waals surface area (Å²) in [6.07, 6.45) is 12.1. The summed E-state index contributed by atoms with van der Waals surface area (Å²) in [6, 6.07) is 0. The van der Waals surface area contributed by atoms with E-state index in [0.29, 0.717) is 16.2 Å². The van der Waals surface area contributed by atoms with Crippen LogP contribution in [0.2, 0.25) is 0 Å². The van der Waals surface area contributed by atoms with E-state index in [1.54, 1.807) is 53.7 Å². The molecule has 0 aromatic carbocycles. The van der Waals surface area contributed by atoms with Gasteiger partial charge in [-0.1, -0.05) is 30.9 Å². The molecule has 30 heavy (non-hydrogen) atoms. The summed E-state index contributed by atoms with van der Waals surface area (Å²) in [5.74, 6) is 2.22. The summed E-state index contributed by atoms with van der Waals surface area (Å²) < 4.78 is 10.7. The molecule has 0 unspecified atom stereocenters. The normalized spacial score (nSPS) is 12.3. The van der Waals surface area contributed by atoms with Crippen molar-refractivity contribution in [2.75, 3.05) is 4.90 Å². The molecule has 0 aliphatic heterocycles. The molecule has 0 radical (unpaired) electrons. The van der Waals surface area contributed by atoms with Crippen LogP contribution in [0.4, 0.5) is 15.4 Å². The molecule has 7 heteroatoms. The van der Waals surface area contributed by atoms with Crippen LogP contribution in [0.3, 0.4) is 0 Å². The molecule has 0 bridgehead atoms. The SMILES string of the molecule is C#Cc1nc(/C(C=C)=C/C=C\C)cnc1N(C(=O)OC(C)(C)C)C(=O)OC(C)(C)C. The monoisotopic (exact) mass is 411 g/mol. The van der Waals surface area contributed by atoms with Crippen molar-refractivity contribution in [1.82, 2.24) is 9.97 Å². The maximum atomic E-state index is 12.8. The summed E-state index contributed by atoms with van der Waals surface area (Å²) in [4.78, 5) is 34.9. The molecule has 0 saturated heterocycles. The first kappa shape index (κ1) is 24.6. The Morgan fingerprint density at radius 3 is 2.07 bits per heavy atom. The minimum atomic E-state index is -0.969. The first-order valence-corrected chi connectivity index (χ1v) is 9.38. The molecule has 0 aliphatic carbocycles. The second-order valence-corrected chi connectivity index (χ2v) is 8.22. The molecule has 7 nitrogen and oxygen atoms in total. The maximum Gasteiger partial charge on any atom is 0.425 e. The van der Waals surface area contributed by atoms with Gasteiger partial charge in [-0.2, -0.15) is 4.90 Å². The second-order valence-electron chi connectivity index (χ2n) is 8.22. The van der Waals surface area contributed by atoms with E-state index in [-0.39, 0.29) is 11.5 Å². The zero-order chi connectivity index (χ0) is 23.1. The van der Waals surface area contributed by atoms with Gasteiger partial charge in [0.2, 0.25) is 0 Å². The van der Waals surface area contributed by atoms with E-state index in [0.717, 1.165) is 0 Å². The highest BCUT2D eigenvalue weighted by Gasteiger charge is 2.35. The minimum Gasteiger partial charge on any atom is -0.443 e. The highest BCUT2D eigenvalue weighted by molar-refractivity contribution is 6.09. The number of imide groups is 1. The van der Waals surface area contributed by atoms with Gasteiger partial charge in [0.05, 0.1) is 11.9 Å². The van der Waals surface area contributed by atoms with Gasteiger partial charge in [-0.15, -0.1) is 6.42 Å². The zero-order valence-corrected chi connectivity index (χ0v) is 18.6. The van der Waals surface area contributed by atoms with Crippen LogP contribution < -0.4 is 4.90 Å². The highest BCUT2D eigenvalue weighted by Crippen LogP contribution is 2.24. The van der Waals surface area contributed by atoms with Crippen LogP contribution in [0.15, 0.2) is 37.1 Å². The Balaban J connectivity index is 3.56. The van der Waals surface area contributed by atoms with Crippen molar-refractivity contribution in [3.63, 3.8) is 0 Å². The van der Waals surface area contributed by atoms with Crippen LogP contribution in [-0.4, -0.2) is 33.4 Å². The number of anilines is 1. The fraction of sp³-hybridized carbons (Fsp3) is 0.391. The Morgan fingerprint density at radius 1 is 1.13 bits per heavy atom. The number of nitrogens with zero attached hydrogens (tertiary/aromatic N) is 3. The number of hydrogen-bond donors (Lipinski definition) is 0. The van der Waals surface area contributed by atoms with E-state index in [2.05, 4.69) is 22.5 Å². The number of carbonyl (C=O) groups is 2. The molecule has 0 spiro atoms. The third-order valence-electron chi connectivity index (χ3n) is 3.24. The standard InChI is InChI=1S/C23H29N3O4/c1-10-13-14-16(11-2)18-15-24-19(17(12-3)25-18)26(20(27)29-22(4,5)6)21(28)30-23(7,8)9/h3,10-11,13-15H,2H2,1,4-9H3/b13-10-,16-14+. The van der Waals surface area contributed by atoms with Gasteiger partial charge < -0.3 is 9.47 Å². The van der Waals surface area contributed by atoms with Crippen molar-refractivity contribution in [3.05, 3.63) is 48.5 Å². The van der Waals surface area contributed by atoms with Crippen molar-refractivity contribution in [2.24, 2.45) is 0 Å². The Bertz CT molecular complexity index is 882. The van der Waals surface area contributed by atoms with Crippen molar-refractivity contribution >= 4 is 23.6 Å². The van der Waals surface area contributed by atoms with Gasteiger partial charge in [0.25, 0.3) is 0 Å². The average Bonchev–Trinajstić information content (AvgIpc) is 2.60. The van der Waals surface area contributed by atoms with Crippen LogP contribution in [0.1, 0.15) is 59.9 Å². The molecule has 0 fully saturated rings. The molecule has 160 valence electrons. The summed E-state index contributed by atoms with van der Waals surface area (Å²) >= 11 is 0. The van der Waals surface area contributed by atoms with Crippen molar-refractivity contribution in [2.45, 2.75) is 59.7 Å². The largest absolute Gasteiger partial charge is 0.443 e. The zero-order valence-electron chi connectivity index (χ0n) is 18.6. The summed E-state index contributed by atoms with van der Waals surface area (Å²) in [6.45, 7) is 15.7. The number of rotatable bonds is 4. The lowest BCUT2D eigenvalue weighted by Gasteiger charge is -2.28. The fourth-order valence-electron chi connectivity index (χ4n) is 2.10. The Labute approximate surface area is 178 Å². The number of hydrogen-bond acceptors (Lipinski definition) is 6. The number of aromatic nitrogens is 2. The topological polar surface area (TPSA) is 81.6 Å². The fourth-order valence-corrected chi connectivity index (χ4v) is 2.10. The van der Waals surface area contributed by atoms with E-state index in [1.165, 1.54) is 6.20 Å². The van der Waals surface area contributed by atoms with Crippen molar-refractivity contribution in [1.29, 1.82) is 0 Å². The summed E-state index contributed by atoms with van der Waals surface area (Å²) in [5.41, 5.74) is -0.617. The lowest BCUT2D eigenvalue weighted by molar-refractivity contribution is 0.0428. The van der Waals surface area contributed by atoms with Gasteiger partial charge in [-0.05, 0) is 54.4 Å². The first-order valence-electron chi connectivity index (χ1n) is 9.38. The van der Waals surface area contributed by atoms with Crippen molar-refractivity contribution in [3.8, 4) is 12.3 Å². The molecule has 1 heterocycles. The summed E-state index contributed by atoms with van der Waals surface area (Å²) in [5, 5.41) is 0. The quantitative estimate of drug-likeness (QED) is 0.495. The molecule has 0 atom stereocenters. The Morgan fingerprint density at radius 2 is 1.67 bits per heavy atom. The number of amides is 2. The molecule has 0 saturated carbocycles. The summed E-state index contributed by atoms with van der Waals surface area (Å²) in [7, 11) is 0. The number of terminal acetylenes is 1. The first-order chi connectivity index (χ1) is 13.8. The third-order valence-corrected chi connectivity index (χ3v) is 3.24. The molecule has 0 N–H and O–H groups in total. The molecule has 1 rings (SSSR count). The smallest absolute Gasteiger partial charge is 0.425 e. The predicted molar refractivity (Wildman–Crippen MR) is 118 cm³/mol. The molecular weight excluding hydrogens is 382 g/mol. The number of allylic oxidation sites excluding steroid dienone is 5. The van der Waals surface area contributed by atoms with E-state index in [9.17, 15) is 9.59 Å². The van der Waals surface area contributed by atoms with E-state index < -0.39 is 23.4 Å². The molecule has 0 aliphatic rings. The average molecular weight is 412 g/mol. The van der Waals surface area contributed by atoms with E-state index in [4.69, 9.17) is 15.9 Å². The molecular formula is C23H29N3O4. The lowest BCUT2D eigenvalue weighted by atomic mass is 10.1. The minimum absolute atomic E-state index is 0.0163. The van der Waals surface area contributed by atoms with Gasteiger partial charge in [0.15, 0.2) is 11.5 Å². The Hall–Kier alpha value is -3.40. The van der Waals surface area contributed by atoms with Crippen LogP contribution >= 0.6 is 0 Å². The van der Waals surface area contributed by atoms with Crippen molar-refractivity contribution < 1.29 is 19.1 Å². The number of carbonyl (C=O) groups excluding carboxylic acids is 2. The predicted octanol–water partition coefficient (Wildman–Crippen LogP) is 5.28. The van der Waals surface area contributed by atoms with Crippen LogP contribution in [0.5, 0.6) is 0 Å². The number of ether oxygens (including phenoxy) is 2. The van der Waals surface area contributed by atoms with Gasteiger partial charge in [-0.25, -0.2) is 19.6 Å². The molecule has 1 aromatic heterocycles. The van der Waals surface area contributed by atoms with Crippen LogP contribution in [0.25, 0.3) is 5.57 Å². The van der Waals surface area contributed by atoms with Gasteiger partial charge >= 0.3 is 12.2 Å². The van der Waals surface area contributed by atoms with Gasteiger partial charge in [-0.3, -0.25) is 0 Å². The Kier molecular flexibility index (Phi) is 8.11.